The maximum Gasteiger partial charge on any atom is 0.191 e. The molecular formula is C20H30N4O. The average molecular weight is 342 g/mol. The number of nitrogens with zero attached hydrogens (tertiary/aromatic N) is 1. The number of rotatable bonds is 5. The van der Waals surface area contributed by atoms with Crippen LogP contribution in [0.25, 0.3) is 10.9 Å². The number of aliphatic imine (C=N–C) groups is 1. The lowest BCUT2D eigenvalue weighted by atomic mass is 9.93. The first kappa shape index (κ1) is 17.8. The van der Waals surface area contributed by atoms with E-state index in [9.17, 15) is 5.11 Å². The Balaban J connectivity index is 1.62. The minimum Gasteiger partial charge on any atom is -0.393 e. The van der Waals surface area contributed by atoms with Gasteiger partial charge in [-0.15, -0.1) is 0 Å². The third-order valence-corrected chi connectivity index (χ3v) is 5.04. The van der Waals surface area contributed by atoms with Crippen LogP contribution in [-0.2, 0) is 6.42 Å². The molecule has 0 atom stereocenters. The molecule has 0 aliphatic heterocycles. The summed E-state index contributed by atoms with van der Waals surface area (Å²) in [6.07, 6.45) is 4.58. The van der Waals surface area contributed by atoms with Gasteiger partial charge in [-0.3, -0.25) is 4.99 Å². The van der Waals surface area contributed by atoms with Gasteiger partial charge < -0.3 is 20.7 Å². The summed E-state index contributed by atoms with van der Waals surface area (Å²) in [4.78, 5) is 8.22. The Bertz CT molecular complexity index is 714. The van der Waals surface area contributed by atoms with Crippen molar-refractivity contribution in [1.29, 1.82) is 0 Å². The molecule has 0 unspecified atom stereocenters. The number of aryl methyl sites for hydroxylation is 1. The van der Waals surface area contributed by atoms with Gasteiger partial charge in [-0.1, -0.05) is 18.2 Å². The summed E-state index contributed by atoms with van der Waals surface area (Å²) in [5, 5.41) is 17.8. The second kappa shape index (κ2) is 8.39. The topological polar surface area (TPSA) is 72.4 Å². The Hall–Kier alpha value is -2.01. The van der Waals surface area contributed by atoms with Gasteiger partial charge in [-0.25, -0.2) is 0 Å². The molecule has 1 aliphatic carbocycles. The number of para-hydroxylation sites is 1. The summed E-state index contributed by atoms with van der Waals surface area (Å²) in [5.41, 5.74) is 3.79. The summed E-state index contributed by atoms with van der Waals surface area (Å²) in [6, 6.07) is 8.86. The average Bonchev–Trinajstić information content (AvgIpc) is 2.93. The third kappa shape index (κ3) is 4.54. The SMILES string of the molecule is CCNC(=NCCc1c(C)[nH]c2ccccc12)NC1CCC(O)CC1. The molecular weight excluding hydrogens is 312 g/mol. The summed E-state index contributed by atoms with van der Waals surface area (Å²) in [5.74, 6) is 0.890. The van der Waals surface area contributed by atoms with Gasteiger partial charge in [-0.2, -0.15) is 0 Å². The number of H-pyrrole nitrogens is 1. The summed E-state index contributed by atoms with van der Waals surface area (Å²) < 4.78 is 0. The van der Waals surface area contributed by atoms with Gasteiger partial charge in [0.05, 0.1) is 6.10 Å². The molecule has 0 bridgehead atoms. The molecule has 0 radical (unpaired) electrons. The van der Waals surface area contributed by atoms with Crippen molar-refractivity contribution in [2.75, 3.05) is 13.1 Å². The van der Waals surface area contributed by atoms with Crippen LogP contribution in [0.1, 0.15) is 43.9 Å². The van der Waals surface area contributed by atoms with Crippen LogP contribution < -0.4 is 10.6 Å². The van der Waals surface area contributed by atoms with Crippen molar-refractivity contribution in [3.8, 4) is 0 Å². The molecule has 0 spiro atoms. The molecule has 1 heterocycles. The van der Waals surface area contributed by atoms with E-state index in [0.29, 0.717) is 6.04 Å². The number of fused-ring (bicyclic) bond motifs is 1. The summed E-state index contributed by atoms with van der Waals surface area (Å²) in [6.45, 7) is 5.84. The molecule has 3 rings (SSSR count). The van der Waals surface area contributed by atoms with E-state index in [1.54, 1.807) is 0 Å². The minimum atomic E-state index is -0.123. The zero-order valence-electron chi connectivity index (χ0n) is 15.3. The molecule has 4 N–H and O–H groups in total. The number of aromatic nitrogens is 1. The molecule has 5 heteroatoms. The van der Waals surface area contributed by atoms with E-state index in [0.717, 1.165) is 51.2 Å². The van der Waals surface area contributed by atoms with Crippen LogP contribution in [0.3, 0.4) is 0 Å². The van der Waals surface area contributed by atoms with Gasteiger partial charge in [0.2, 0.25) is 0 Å². The molecule has 1 aliphatic rings. The van der Waals surface area contributed by atoms with Crippen LogP contribution in [0.5, 0.6) is 0 Å². The lowest BCUT2D eigenvalue weighted by Crippen LogP contribution is -2.45. The number of benzene rings is 1. The van der Waals surface area contributed by atoms with E-state index in [4.69, 9.17) is 4.99 Å². The van der Waals surface area contributed by atoms with Crippen LogP contribution in [0.2, 0.25) is 0 Å². The Morgan fingerprint density at radius 2 is 2.00 bits per heavy atom. The summed E-state index contributed by atoms with van der Waals surface area (Å²) >= 11 is 0. The fraction of sp³-hybridized carbons (Fsp3) is 0.550. The van der Waals surface area contributed by atoms with Crippen LogP contribution in [-0.4, -0.2) is 41.3 Å². The van der Waals surface area contributed by atoms with Crippen molar-refractivity contribution in [2.24, 2.45) is 4.99 Å². The van der Waals surface area contributed by atoms with E-state index in [2.05, 4.69) is 53.7 Å². The third-order valence-electron chi connectivity index (χ3n) is 5.04. The molecule has 25 heavy (non-hydrogen) atoms. The number of aromatic amines is 1. The number of guanidine groups is 1. The van der Waals surface area contributed by atoms with Gasteiger partial charge in [-0.05, 0) is 57.6 Å². The maximum absolute atomic E-state index is 9.65. The van der Waals surface area contributed by atoms with E-state index >= 15 is 0 Å². The van der Waals surface area contributed by atoms with Gasteiger partial charge in [0.25, 0.3) is 0 Å². The van der Waals surface area contributed by atoms with Crippen molar-refractivity contribution in [3.05, 3.63) is 35.5 Å². The van der Waals surface area contributed by atoms with E-state index < -0.39 is 0 Å². The standard InChI is InChI=1S/C20H30N4O/c1-3-21-20(24-15-8-10-16(25)11-9-15)22-13-12-17-14(2)23-19-7-5-4-6-18(17)19/h4-7,15-16,23,25H,3,8-13H2,1-2H3,(H2,21,22,24). The van der Waals surface area contributed by atoms with Crippen molar-refractivity contribution in [3.63, 3.8) is 0 Å². The molecule has 1 saturated carbocycles. The van der Waals surface area contributed by atoms with Crippen LogP contribution in [0, 0.1) is 6.92 Å². The van der Waals surface area contributed by atoms with Crippen molar-refractivity contribution in [1.82, 2.24) is 15.6 Å². The molecule has 0 amide bonds. The first-order valence-corrected chi connectivity index (χ1v) is 9.46. The Morgan fingerprint density at radius 3 is 2.76 bits per heavy atom. The summed E-state index contributed by atoms with van der Waals surface area (Å²) in [7, 11) is 0. The Morgan fingerprint density at radius 1 is 1.24 bits per heavy atom. The highest BCUT2D eigenvalue weighted by Crippen LogP contribution is 2.22. The normalized spacial score (nSPS) is 21.5. The molecule has 1 aromatic carbocycles. The number of hydrogen-bond acceptors (Lipinski definition) is 2. The second-order valence-electron chi connectivity index (χ2n) is 6.93. The van der Waals surface area contributed by atoms with Crippen LogP contribution in [0.4, 0.5) is 0 Å². The smallest absolute Gasteiger partial charge is 0.191 e. The Labute approximate surface area is 149 Å². The van der Waals surface area contributed by atoms with Gasteiger partial charge in [0.1, 0.15) is 0 Å². The van der Waals surface area contributed by atoms with Crippen LogP contribution >= 0.6 is 0 Å². The highest BCUT2D eigenvalue weighted by molar-refractivity contribution is 5.84. The fourth-order valence-electron chi connectivity index (χ4n) is 3.67. The number of hydrogen-bond donors (Lipinski definition) is 4. The lowest BCUT2D eigenvalue weighted by Gasteiger charge is -2.27. The van der Waals surface area contributed by atoms with Crippen molar-refractivity contribution >= 4 is 16.9 Å². The van der Waals surface area contributed by atoms with E-state index in [1.165, 1.54) is 22.2 Å². The molecule has 0 saturated heterocycles. The molecule has 1 aromatic heterocycles. The maximum atomic E-state index is 9.65. The van der Waals surface area contributed by atoms with Crippen LogP contribution in [0.15, 0.2) is 29.3 Å². The highest BCUT2D eigenvalue weighted by atomic mass is 16.3. The number of nitrogens with one attached hydrogen (secondary N) is 3. The number of aliphatic hydroxyl groups is 1. The van der Waals surface area contributed by atoms with Gasteiger partial charge >= 0.3 is 0 Å². The number of aliphatic hydroxyl groups excluding tert-OH is 1. The first-order chi connectivity index (χ1) is 12.2. The van der Waals surface area contributed by atoms with Gasteiger partial charge in [0.15, 0.2) is 5.96 Å². The van der Waals surface area contributed by atoms with Crippen molar-refractivity contribution < 1.29 is 5.11 Å². The zero-order chi connectivity index (χ0) is 17.6. The van der Waals surface area contributed by atoms with Gasteiger partial charge in [0, 0.05) is 35.7 Å². The fourth-order valence-corrected chi connectivity index (χ4v) is 3.67. The molecule has 1 fully saturated rings. The van der Waals surface area contributed by atoms with Crippen molar-refractivity contribution in [2.45, 2.75) is 58.1 Å². The molecule has 136 valence electrons. The minimum absolute atomic E-state index is 0.123. The highest BCUT2D eigenvalue weighted by Gasteiger charge is 2.19. The molecule has 5 nitrogen and oxygen atoms in total. The lowest BCUT2D eigenvalue weighted by molar-refractivity contribution is 0.120. The Kier molecular flexibility index (Phi) is 5.97. The second-order valence-corrected chi connectivity index (χ2v) is 6.93. The zero-order valence-corrected chi connectivity index (χ0v) is 15.3. The quantitative estimate of drug-likeness (QED) is 0.499. The predicted octanol–water partition coefficient (Wildman–Crippen LogP) is 2.88. The monoisotopic (exact) mass is 342 g/mol. The van der Waals surface area contributed by atoms with E-state index in [-0.39, 0.29) is 6.10 Å². The first-order valence-electron chi connectivity index (χ1n) is 9.46. The largest absolute Gasteiger partial charge is 0.393 e. The molecule has 2 aromatic rings. The predicted molar refractivity (Wildman–Crippen MR) is 104 cm³/mol. The van der Waals surface area contributed by atoms with E-state index in [1.807, 2.05) is 0 Å².